The number of hydrogen-bond acceptors (Lipinski definition) is 1. The molecule has 0 saturated carbocycles. The van der Waals surface area contributed by atoms with Crippen LogP contribution >= 0.6 is 27.5 Å². The van der Waals surface area contributed by atoms with Crippen LogP contribution in [0.15, 0.2) is 46.9 Å². The van der Waals surface area contributed by atoms with Crippen LogP contribution in [0, 0.1) is 0 Å². The van der Waals surface area contributed by atoms with Crippen LogP contribution in [0.3, 0.4) is 0 Å². The summed E-state index contributed by atoms with van der Waals surface area (Å²) in [6.07, 6.45) is -4.35. The largest absolute Gasteiger partial charge is 0.416 e. The molecular weight excluding hydrogens is 367 g/mol. The Morgan fingerprint density at radius 1 is 1.14 bits per heavy atom. The van der Waals surface area contributed by atoms with E-state index in [2.05, 4.69) is 21.2 Å². The van der Waals surface area contributed by atoms with E-state index in [1.807, 2.05) is 25.1 Å². The number of hydrogen-bond donors (Lipinski definition) is 1. The lowest BCUT2D eigenvalue weighted by molar-refractivity contribution is -0.137. The summed E-state index contributed by atoms with van der Waals surface area (Å²) in [7, 11) is 0. The minimum atomic E-state index is -4.35. The fraction of sp³-hybridized carbons (Fsp3) is 0.200. The fourth-order valence-electron chi connectivity index (χ4n) is 1.90. The van der Waals surface area contributed by atoms with Crippen molar-refractivity contribution in [1.82, 2.24) is 0 Å². The standard InChI is InChI=1S/C15H12BrClF3N/c1-9(10-3-2-4-12(17)7-10)21-14-6-5-11(8-13(14)16)15(18,19)20/h2-9,21H,1H3. The molecule has 0 bridgehead atoms. The van der Waals surface area contributed by atoms with Crippen LogP contribution in [0.25, 0.3) is 0 Å². The number of nitrogens with one attached hydrogen (secondary N) is 1. The molecule has 0 fully saturated rings. The minimum Gasteiger partial charge on any atom is -0.378 e. The molecule has 2 aromatic rings. The van der Waals surface area contributed by atoms with Gasteiger partial charge in [0.05, 0.1) is 5.56 Å². The van der Waals surface area contributed by atoms with Gasteiger partial charge in [-0.1, -0.05) is 23.7 Å². The Labute approximate surface area is 134 Å². The highest BCUT2D eigenvalue weighted by Gasteiger charge is 2.30. The van der Waals surface area contributed by atoms with Crippen LogP contribution in [0.4, 0.5) is 18.9 Å². The average molecular weight is 379 g/mol. The molecule has 0 radical (unpaired) electrons. The lowest BCUT2D eigenvalue weighted by atomic mass is 10.1. The summed E-state index contributed by atoms with van der Waals surface area (Å²) in [6.45, 7) is 1.91. The molecule has 1 unspecified atom stereocenters. The molecule has 1 atom stereocenters. The first-order valence-corrected chi connectivity index (χ1v) is 7.33. The van der Waals surface area contributed by atoms with E-state index >= 15 is 0 Å². The van der Waals surface area contributed by atoms with Gasteiger partial charge in [-0.05, 0) is 58.7 Å². The van der Waals surface area contributed by atoms with Crippen LogP contribution in [0.1, 0.15) is 24.1 Å². The van der Waals surface area contributed by atoms with Gasteiger partial charge in [0.1, 0.15) is 0 Å². The average Bonchev–Trinajstić information content (AvgIpc) is 2.39. The first-order chi connectivity index (χ1) is 9.77. The molecule has 112 valence electrons. The summed E-state index contributed by atoms with van der Waals surface area (Å²) < 4.78 is 38.2. The summed E-state index contributed by atoms with van der Waals surface area (Å²) in [5.74, 6) is 0. The van der Waals surface area contributed by atoms with E-state index in [0.717, 1.165) is 17.7 Å². The molecule has 2 aromatic carbocycles. The monoisotopic (exact) mass is 377 g/mol. The maximum Gasteiger partial charge on any atom is 0.416 e. The van der Waals surface area contributed by atoms with Gasteiger partial charge in [0.15, 0.2) is 0 Å². The quantitative estimate of drug-likeness (QED) is 0.661. The van der Waals surface area contributed by atoms with Crippen molar-refractivity contribution in [1.29, 1.82) is 0 Å². The number of rotatable bonds is 3. The van der Waals surface area contributed by atoms with Crippen molar-refractivity contribution >= 4 is 33.2 Å². The molecule has 0 saturated heterocycles. The Hall–Kier alpha value is -1.20. The smallest absolute Gasteiger partial charge is 0.378 e. The van der Waals surface area contributed by atoms with Gasteiger partial charge in [0, 0.05) is 21.2 Å². The van der Waals surface area contributed by atoms with Gasteiger partial charge in [0.2, 0.25) is 0 Å². The van der Waals surface area contributed by atoms with Gasteiger partial charge < -0.3 is 5.32 Å². The zero-order chi connectivity index (χ0) is 15.6. The molecular formula is C15H12BrClF3N. The van der Waals surface area contributed by atoms with E-state index in [1.165, 1.54) is 6.07 Å². The highest BCUT2D eigenvalue weighted by molar-refractivity contribution is 9.10. The zero-order valence-electron chi connectivity index (χ0n) is 11.0. The fourth-order valence-corrected chi connectivity index (χ4v) is 2.59. The van der Waals surface area contributed by atoms with Crippen LogP contribution in [-0.4, -0.2) is 0 Å². The molecule has 0 aliphatic carbocycles. The predicted octanol–water partition coefficient (Wildman–Crippen LogP) is 6.29. The second-order valence-electron chi connectivity index (χ2n) is 4.61. The van der Waals surface area contributed by atoms with Gasteiger partial charge in [-0.25, -0.2) is 0 Å². The Morgan fingerprint density at radius 3 is 2.43 bits per heavy atom. The van der Waals surface area contributed by atoms with Crippen molar-refractivity contribution in [2.24, 2.45) is 0 Å². The molecule has 0 aliphatic rings. The van der Waals surface area contributed by atoms with Crippen molar-refractivity contribution in [3.63, 3.8) is 0 Å². The van der Waals surface area contributed by atoms with Crippen LogP contribution < -0.4 is 5.32 Å². The first-order valence-electron chi connectivity index (χ1n) is 6.16. The molecule has 0 heterocycles. The van der Waals surface area contributed by atoms with Crippen molar-refractivity contribution in [2.45, 2.75) is 19.1 Å². The zero-order valence-corrected chi connectivity index (χ0v) is 13.4. The maximum absolute atomic E-state index is 12.6. The lowest BCUT2D eigenvalue weighted by Crippen LogP contribution is -2.09. The third-order valence-electron chi connectivity index (χ3n) is 3.02. The van der Waals surface area contributed by atoms with Crippen LogP contribution in [0.5, 0.6) is 0 Å². The van der Waals surface area contributed by atoms with E-state index in [0.29, 0.717) is 15.2 Å². The molecule has 0 amide bonds. The van der Waals surface area contributed by atoms with E-state index in [4.69, 9.17) is 11.6 Å². The molecule has 0 aliphatic heterocycles. The Bertz CT molecular complexity index is 643. The first kappa shape index (κ1) is 16.2. The number of anilines is 1. The predicted molar refractivity (Wildman–Crippen MR) is 82.6 cm³/mol. The summed E-state index contributed by atoms with van der Waals surface area (Å²) in [5.41, 5.74) is 0.861. The van der Waals surface area contributed by atoms with Gasteiger partial charge in [-0.3, -0.25) is 0 Å². The van der Waals surface area contributed by atoms with Gasteiger partial charge in [0.25, 0.3) is 0 Å². The summed E-state index contributed by atoms with van der Waals surface area (Å²) in [6, 6.07) is 10.8. The van der Waals surface area contributed by atoms with Crippen LogP contribution in [-0.2, 0) is 6.18 Å². The number of alkyl halides is 3. The van der Waals surface area contributed by atoms with Crippen molar-refractivity contribution in [2.75, 3.05) is 5.32 Å². The van der Waals surface area contributed by atoms with E-state index in [9.17, 15) is 13.2 Å². The summed E-state index contributed by atoms with van der Waals surface area (Å²) in [4.78, 5) is 0. The second kappa shape index (κ2) is 6.28. The van der Waals surface area contributed by atoms with Crippen molar-refractivity contribution in [3.05, 3.63) is 63.1 Å². The third kappa shape index (κ3) is 4.14. The molecule has 1 N–H and O–H groups in total. The number of halogens is 5. The van der Waals surface area contributed by atoms with Gasteiger partial charge >= 0.3 is 6.18 Å². The highest BCUT2D eigenvalue weighted by Crippen LogP contribution is 2.35. The molecule has 0 aromatic heterocycles. The van der Waals surface area contributed by atoms with E-state index < -0.39 is 11.7 Å². The Morgan fingerprint density at radius 2 is 1.86 bits per heavy atom. The lowest BCUT2D eigenvalue weighted by Gasteiger charge is -2.18. The Balaban J connectivity index is 2.20. The molecule has 2 rings (SSSR count). The topological polar surface area (TPSA) is 12.0 Å². The number of benzene rings is 2. The van der Waals surface area contributed by atoms with E-state index in [1.54, 1.807) is 6.07 Å². The molecule has 6 heteroatoms. The van der Waals surface area contributed by atoms with Crippen molar-refractivity contribution < 1.29 is 13.2 Å². The van der Waals surface area contributed by atoms with Gasteiger partial charge in [-0.15, -0.1) is 0 Å². The summed E-state index contributed by atoms with van der Waals surface area (Å²) in [5, 5.41) is 3.78. The second-order valence-corrected chi connectivity index (χ2v) is 5.90. The van der Waals surface area contributed by atoms with E-state index in [-0.39, 0.29) is 6.04 Å². The normalized spacial score (nSPS) is 13.0. The molecule has 21 heavy (non-hydrogen) atoms. The van der Waals surface area contributed by atoms with Gasteiger partial charge in [-0.2, -0.15) is 13.2 Å². The van der Waals surface area contributed by atoms with Crippen LogP contribution in [0.2, 0.25) is 5.02 Å². The van der Waals surface area contributed by atoms with Crippen molar-refractivity contribution in [3.8, 4) is 0 Å². The SMILES string of the molecule is CC(Nc1ccc(C(F)(F)F)cc1Br)c1cccc(Cl)c1. The maximum atomic E-state index is 12.6. The molecule has 1 nitrogen and oxygen atoms in total. The third-order valence-corrected chi connectivity index (χ3v) is 3.91. The highest BCUT2D eigenvalue weighted by atomic mass is 79.9. The Kier molecular flexibility index (Phi) is 4.84. The molecule has 0 spiro atoms. The summed E-state index contributed by atoms with van der Waals surface area (Å²) >= 11 is 9.10. The minimum absolute atomic E-state index is 0.0864.